The smallest absolute Gasteiger partial charge is 0.305 e. The summed E-state index contributed by atoms with van der Waals surface area (Å²) >= 11 is 6.38. The lowest BCUT2D eigenvalue weighted by Crippen LogP contribution is -2.19. The first-order chi connectivity index (χ1) is 9.22. The summed E-state index contributed by atoms with van der Waals surface area (Å²) < 4.78 is 6.81. The zero-order valence-electron chi connectivity index (χ0n) is 9.60. The van der Waals surface area contributed by atoms with Crippen molar-refractivity contribution < 1.29 is 4.74 Å². The third-order valence-corrected chi connectivity index (χ3v) is 5.83. The molecule has 0 unspecified atom stereocenters. The van der Waals surface area contributed by atoms with Crippen molar-refractivity contribution in [1.29, 1.82) is 0 Å². The number of hydrogen-bond acceptors (Lipinski definition) is 4. The summed E-state index contributed by atoms with van der Waals surface area (Å²) in [5.74, 6) is 1.06. The van der Waals surface area contributed by atoms with Gasteiger partial charge in [0.15, 0.2) is 0 Å². The highest BCUT2D eigenvalue weighted by Crippen LogP contribution is 2.49. The number of benzene rings is 1. The zero-order valence-corrected chi connectivity index (χ0v) is 12.8. The second-order valence-electron chi connectivity index (χ2n) is 4.42. The fraction of sp³-hybridized carbons (Fsp3) is 0.154. The number of aromatic nitrogens is 1. The average molecular weight is 354 g/mol. The number of fused-ring (bicyclic) bond motifs is 5. The fourth-order valence-electron chi connectivity index (χ4n) is 2.47. The van der Waals surface area contributed by atoms with Crippen LogP contribution in [0.3, 0.4) is 0 Å². The van der Waals surface area contributed by atoms with E-state index in [0.717, 1.165) is 25.7 Å². The van der Waals surface area contributed by atoms with Gasteiger partial charge in [-0.05, 0) is 29.2 Å². The highest BCUT2D eigenvalue weighted by molar-refractivity contribution is 9.10. The molecule has 0 fully saturated rings. The highest BCUT2D eigenvalue weighted by atomic mass is 79.9. The van der Waals surface area contributed by atoms with E-state index < -0.39 is 0 Å². The van der Waals surface area contributed by atoms with E-state index in [1.165, 1.54) is 16.9 Å². The number of hydrogen-bond donors (Lipinski definition) is 1. The number of ether oxygens (including phenoxy) is 1. The largest absolute Gasteiger partial charge is 0.489 e. The Labute approximate surface area is 125 Å². The van der Waals surface area contributed by atoms with E-state index in [1.807, 2.05) is 12.1 Å². The van der Waals surface area contributed by atoms with Crippen LogP contribution < -0.4 is 9.61 Å². The molecule has 3 heterocycles. The number of thioether (sulfide) groups is 1. The van der Waals surface area contributed by atoms with E-state index in [9.17, 15) is 4.79 Å². The lowest BCUT2D eigenvalue weighted by atomic mass is 9.88. The predicted molar refractivity (Wildman–Crippen MR) is 80.4 cm³/mol. The Hall–Kier alpha value is -0.980. The molecule has 0 spiro atoms. The van der Waals surface area contributed by atoms with Gasteiger partial charge in [-0.1, -0.05) is 39.0 Å². The summed E-state index contributed by atoms with van der Waals surface area (Å²) in [7, 11) is 0. The van der Waals surface area contributed by atoms with E-state index in [0.29, 0.717) is 6.61 Å². The molecule has 2 aliphatic heterocycles. The van der Waals surface area contributed by atoms with E-state index in [1.54, 1.807) is 11.8 Å². The van der Waals surface area contributed by atoms with Gasteiger partial charge in [-0.15, -0.1) is 0 Å². The van der Waals surface area contributed by atoms with Gasteiger partial charge in [-0.2, -0.15) is 0 Å². The number of H-pyrrole nitrogens is 1. The molecular weight excluding hydrogens is 346 g/mol. The summed E-state index contributed by atoms with van der Waals surface area (Å²) in [6.45, 7) is 0.595. The third kappa shape index (κ3) is 1.81. The zero-order chi connectivity index (χ0) is 13.0. The number of nitrogens with one attached hydrogen (secondary N) is 1. The molecule has 6 heteroatoms. The van der Waals surface area contributed by atoms with E-state index in [2.05, 4.69) is 32.4 Å². The molecule has 0 saturated carbocycles. The van der Waals surface area contributed by atoms with Crippen LogP contribution in [0.15, 0.2) is 43.5 Å². The molecule has 1 atom stereocenters. The quantitative estimate of drug-likeness (QED) is 0.784. The van der Waals surface area contributed by atoms with Gasteiger partial charge in [-0.3, -0.25) is 4.79 Å². The minimum atomic E-state index is 0.00943. The minimum Gasteiger partial charge on any atom is -0.489 e. The number of thiazole rings is 1. The summed E-state index contributed by atoms with van der Waals surface area (Å²) in [5, 5.41) is 3.07. The third-order valence-electron chi connectivity index (χ3n) is 3.28. The molecule has 96 valence electrons. The molecule has 2 aliphatic rings. The Kier molecular flexibility index (Phi) is 2.65. The minimum absolute atomic E-state index is 0.00943. The average Bonchev–Trinajstić information content (AvgIpc) is 2.78. The molecule has 0 bridgehead atoms. The Balaban J connectivity index is 1.97. The molecule has 2 aromatic rings. The monoisotopic (exact) mass is 353 g/mol. The molecular formula is C13H8BrNO2S2. The Morgan fingerprint density at radius 2 is 2.32 bits per heavy atom. The van der Waals surface area contributed by atoms with Crippen molar-refractivity contribution in [2.75, 3.05) is 6.61 Å². The molecule has 4 rings (SSSR count). The topological polar surface area (TPSA) is 42.1 Å². The fourth-order valence-corrected chi connectivity index (χ4v) is 4.93. The van der Waals surface area contributed by atoms with Crippen molar-refractivity contribution >= 4 is 39.0 Å². The molecule has 0 amide bonds. The van der Waals surface area contributed by atoms with Crippen LogP contribution in [0, 0.1) is 0 Å². The van der Waals surface area contributed by atoms with Crippen LogP contribution in [0.4, 0.5) is 0 Å². The van der Waals surface area contributed by atoms with Crippen molar-refractivity contribution in [3.63, 3.8) is 0 Å². The van der Waals surface area contributed by atoms with E-state index in [4.69, 9.17) is 4.74 Å². The SMILES string of the molecule is O=c1[nH]c2c(s1)[C@@H]1C(=CS2)COc2ccc(Br)cc21. The maximum atomic E-state index is 11.6. The van der Waals surface area contributed by atoms with Gasteiger partial charge in [0.25, 0.3) is 0 Å². The highest BCUT2D eigenvalue weighted by Gasteiger charge is 2.33. The maximum absolute atomic E-state index is 11.6. The van der Waals surface area contributed by atoms with Gasteiger partial charge < -0.3 is 9.72 Å². The molecule has 1 aromatic carbocycles. The summed E-state index contributed by atoms with van der Waals surface area (Å²) in [6, 6.07) is 6.04. The number of rotatable bonds is 0. The first-order valence-corrected chi connectivity index (χ1v) is 8.22. The van der Waals surface area contributed by atoms with Crippen LogP contribution in [0.1, 0.15) is 16.4 Å². The normalized spacial score (nSPS) is 19.8. The molecule has 0 radical (unpaired) electrons. The van der Waals surface area contributed by atoms with Crippen molar-refractivity contribution in [2.45, 2.75) is 10.9 Å². The molecule has 0 aliphatic carbocycles. The van der Waals surface area contributed by atoms with Crippen molar-refractivity contribution in [3.05, 3.63) is 53.8 Å². The van der Waals surface area contributed by atoms with E-state index in [-0.39, 0.29) is 10.8 Å². The van der Waals surface area contributed by atoms with Crippen LogP contribution in [-0.2, 0) is 0 Å². The Morgan fingerprint density at radius 3 is 3.21 bits per heavy atom. The lowest BCUT2D eigenvalue weighted by Gasteiger charge is -2.30. The van der Waals surface area contributed by atoms with Gasteiger partial charge in [-0.25, -0.2) is 0 Å². The predicted octanol–water partition coefficient (Wildman–Crippen LogP) is 3.71. The van der Waals surface area contributed by atoms with Gasteiger partial charge in [0.1, 0.15) is 12.4 Å². The second kappa shape index (κ2) is 4.26. The van der Waals surface area contributed by atoms with Crippen molar-refractivity contribution in [2.24, 2.45) is 0 Å². The first-order valence-electron chi connectivity index (χ1n) is 5.73. The van der Waals surface area contributed by atoms with Crippen molar-refractivity contribution in [1.82, 2.24) is 4.98 Å². The Bertz CT molecular complexity index is 762. The molecule has 0 saturated heterocycles. The maximum Gasteiger partial charge on any atom is 0.305 e. The van der Waals surface area contributed by atoms with Crippen LogP contribution in [0.25, 0.3) is 0 Å². The van der Waals surface area contributed by atoms with Crippen LogP contribution in [0.2, 0.25) is 0 Å². The number of halogens is 1. The summed E-state index contributed by atoms with van der Waals surface area (Å²) in [4.78, 5) is 15.6. The van der Waals surface area contributed by atoms with E-state index >= 15 is 0 Å². The lowest BCUT2D eigenvalue weighted by molar-refractivity contribution is 0.325. The first kappa shape index (κ1) is 11.8. The van der Waals surface area contributed by atoms with Crippen LogP contribution >= 0.6 is 39.0 Å². The molecule has 19 heavy (non-hydrogen) atoms. The van der Waals surface area contributed by atoms with Gasteiger partial charge in [0, 0.05) is 16.0 Å². The van der Waals surface area contributed by atoms with Gasteiger partial charge in [0.05, 0.1) is 9.90 Å². The Morgan fingerprint density at radius 1 is 1.42 bits per heavy atom. The number of aromatic amines is 1. The summed E-state index contributed by atoms with van der Waals surface area (Å²) in [5.41, 5.74) is 2.35. The van der Waals surface area contributed by atoms with Gasteiger partial charge in [0.2, 0.25) is 0 Å². The van der Waals surface area contributed by atoms with Gasteiger partial charge >= 0.3 is 4.87 Å². The second-order valence-corrected chi connectivity index (χ2v) is 7.23. The molecule has 3 nitrogen and oxygen atoms in total. The van der Waals surface area contributed by atoms with Crippen LogP contribution in [0.5, 0.6) is 5.75 Å². The standard InChI is InChI=1S/C13H8BrNO2S2/c14-7-1-2-9-8(3-7)10-6(4-17-9)5-18-12-11(10)19-13(16)15-12/h1-3,5,10H,4H2,(H,15,16)/t10-/m1/s1. The van der Waals surface area contributed by atoms with Crippen molar-refractivity contribution in [3.8, 4) is 5.75 Å². The molecule has 1 N–H and O–H groups in total. The van der Waals surface area contributed by atoms with Crippen LogP contribution in [-0.4, -0.2) is 11.6 Å². The molecule has 1 aromatic heterocycles. The summed E-state index contributed by atoms with van der Waals surface area (Å²) in [6.07, 6.45) is 0.